The Balaban J connectivity index is 0.00000242. The Bertz CT molecular complexity index is 471. The molecule has 0 aromatic carbocycles. The minimum atomic E-state index is -2.55. The lowest BCUT2D eigenvalue weighted by atomic mass is 9.97. The Morgan fingerprint density at radius 1 is 1.45 bits per heavy atom. The van der Waals surface area contributed by atoms with Gasteiger partial charge in [-0.3, -0.25) is 4.79 Å². The minimum Gasteiger partial charge on any atom is -0.471 e. The Kier molecular flexibility index (Phi) is 8.05. The number of alkyl halides is 2. The lowest BCUT2D eigenvalue weighted by Crippen LogP contribution is -2.37. The maximum Gasteiger partial charge on any atom is 0.272 e. The summed E-state index contributed by atoms with van der Waals surface area (Å²) < 4.78 is 29.3. The molecule has 0 aliphatic carbocycles. The number of halogens is 3. The number of amides is 1. The van der Waals surface area contributed by atoms with Crippen LogP contribution in [-0.2, 0) is 11.3 Å². The van der Waals surface area contributed by atoms with Crippen LogP contribution in [0.1, 0.15) is 18.4 Å². The maximum absolute atomic E-state index is 12.2. The number of nitrogens with one attached hydrogen (secondary N) is 2. The molecule has 1 aliphatic rings. The second-order valence-electron chi connectivity index (χ2n) is 4.91. The quantitative estimate of drug-likeness (QED) is 0.831. The largest absolute Gasteiger partial charge is 0.471 e. The predicted octanol–water partition coefficient (Wildman–Crippen LogP) is 1.76. The van der Waals surface area contributed by atoms with Gasteiger partial charge < -0.3 is 15.4 Å². The average Bonchev–Trinajstić information content (AvgIpc) is 2.52. The molecule has 1 amide bonds. The molecule has 1 fully saturated rings. The van der Waals surface area contributed by atoms with Crippen LogP contribution in [0.3, 0.4) is 0 Å². The SMILES string of the molecule is Cl.O=C(NCc1cccnc1OCC(F)F)C1CCNCC1. The summed E-state index contributed by atoms with van der Waals surface area (Å²) >= 11 is 0. The molecule has 2 N–H and O–H groups in total. The Hall–Kier alpha value is -1.47. The molecule has 1 aromatic rings. The van der Waals surface area contributed by atoms with Gasteiger partial charge in [-0.25, -0.2) is 13.8 Å². The van der Waals surface area contributed by atoms with Gasteiger partial charge in [0.25, 0.3) is 6.43 Å². The van der Waals surface area contributed by atoms with Crippen LogP contribution >= 0.6 is 12.4 Å². The molecule has 5 nitrogen and oxygen atoms in total. The number of pyridine rings is 1. The summed E-state index contributed by atoms with van der Waals surface area (Å²) in [6, 6.07) is 3.39. The van der Waals surface area contributed by atoms with Gasteiger partial charge in [0.05, 0.1) is 0 Å². The number of piperidine rings is 1. The molecule has 22 heavy (non-hydrogen) atoms. The molecule has 0 unspecified atom stereocenters. The van der Waals surface area contributed by atoms with E-state index in [0.29, 0.717) is 5.56 Å². The summed E-state index contributed by atoms with van der Waals surface area (Å²) in [4.78, 5) is 16.0. The second kappa shape index (κ2) is 9.53. The van der Waals surface area contributed by atoms with Crippen LogP contribution < -0.4 is 15.4 Å². The number of ether oxygens (including phenoxy) is 1. The third-order valence-electron chi connectivity index (χ3n) is 3.36. The van der Waals surface area contributed by atoms with Gasteiger partial charge in [-0.1, -0.05) is 6.07 Å². The molecule has 1 aliphatic heterocycles. The van der Waals surface area contributed by atoms with Crippen LogP contribution in [0.5, 0.6) is 5.88 Å². The monoisotopic (exact) mass is 335 g/mol. The van der Waals surface area contributed by atoms with Crippen LogP contribution in [0, 0.1) is 5.92 Å². The number of nitrogens with zero attached hydrogens (tertiary/aromatic N) is 1. The van der Waals surface area contributed by atoms with E-state index in [4.69, 9.17) is 4.74 Å². The number of rotatable bonds is 6. The van der Waals surface area contributed by atoms with Crippen LogP contribution in [0.25, 0.3) is 0 Å². The first kappa shape index (κ1) is 18.6. The molecule has 0 atom stereocenters. The van der Waals surface area contributed by atoms with Crippen molar-refractivity contribution in [1.29, 1.82) is 0 Å². The zero-order chi connectivity index (χ0) is 15.1. The van der Waals surface area contributed by atoms with Gasteiger partial charge in [0, 0.05) is 24.2 Å². The van der Waals surface area contributed by atoms with E-state index in [2.05, 4.69) is 15.6 Å². The van der Waals surface area contributed by atoms with Crippen molar-refractivity contribution < 1.29 is 18.3 Å². The van der Waals surface area contributed by atoms with Crippen molar-refractivity contribution in [2.24, 2.45) is 5.92 Å². The molecule has 8 heteroatoms. The Morgan fingerprint density at radius 3 is 2.86 bits per heavy atom. The van der Waals surface area contributed by atoms with E-state index in [-0.39, 0.29) is 36.7 Å². The summed E-state index contributed by atoms with van der Waals surface area (Å²) in [6.45, 7) is 1.21. The first-order chi connectivity index (χ1) is 10.2. The normalized spacial score (nSPS) is 15.2. The van der Waals surface area contributed by atoms with E-state index in [1.54, 1.807) is 12.1 Å². The molecule has 124 valence electrons. The van der Waals surface area contributed by atoms with Gasteiger partial charge in [-0.05, 0) is 32.0 Å². The second-order valence-corrected chi connectivity index (χ2v) is 4.91. The van der Waals surface area contributed by atoms with E-state index in [1.165, 1.54) is 6.20 Å². The number of aromatic nitrogens is 1. The highest BCUT2D eigenvalue weighted by atomic mass is 35.5. The topological polar surface area (TPSA) is 63.2 Å². The highest BCUT2D eigenvalue weighted by Gasteiger charge is 2.20. The molecule has 2 heterocycles. The van der Waals surface area contributed by atoms with E-state index in [9.17, 15) is 13.6 Å². The van der Waals surface area contributed by atoms with Gasteiger partial charge in [0.2, 0.25) is 11.8 Å². The molecular formula is C14H20ClF2N3O2. The summed E-state index contributed by atoms with van der Waals surface area (Å²) in [5, 5.41) is 6.02. The number of carbonyl (C=O) groups excluding carboxylic acids is 1. The highest BCUT2D eigenvalue weighted by Crippen LogP contribution is 2.16. The highest BCUT2D eigenvalue weighted by molar-refractivity contribution is 5.85. The summed E-state index contributed by atoms with van der Waals surface area (Å²) in [7, 11) is 0. The third-order valence-corrected chi connectivity index (χ3v) is 3.36. The van der Waals surface area contributed by atoms with E-state index < -0.39 is 13.0 Å². The van der Waals surface area contributed by atoms with Gasteiger partial charge in [0.15, 0.2) is 6.61 Å². The summed E-state index contributed by atoms with van der Waals surface area (Å²) in [5.74, 6) is 0.136. The van der Waals surface area contributed by atoms with Crippen molar-refractivity contribution in [3.05, 3.63) is 23.9 Å². The smallest absolute Gasteiger partial charge is 0.272 e. The summed E-state index contributed by atoms with van der Waals surface area (Å²) in [5.41, 5.74) is 0.598. The third kappa shape index (κ3) is 5.73. The van der Waals surface area contributed by atoms with Crippen molar-refractivity contribution in [2.45, 2.75) is 25.8 Å². The van der Waals surface area contributed by atoms with Crippen LogP contribution in [0.15, 0.2) is 18.3 Å². The molecular weight excluding hydrogens is 316 g/mol. The molecule has 1 saturated heterocycles. The Labute approximate surface area is 134 Å². The van der Waals surface area contributed by atoms with Crippen molar-refractivity contribution in [3.8, 4) is 5.88 Å². The standard InChI is InChI=1S/C14H19F2N3O2.ClH/c15-12(16)9-21-14-11(2-1-5-18-14)8-19-13(20)10-3-6-17-7-4-10;/h1-2,5,10,12,17H,3-4,6-9H2,(H,19,20);1H. The van der Waals surface area contributed by atoms with Gasteiger partial charge >= 0.3 is 0 Å². The molecule has 0 radical (unpaired) electrons. The lowest BCUT2D eigenvalue weighted by Gasteiger charge is -2.22. The first-order valence-electron chi connectivity index (χ1n) is 7.00. The fourth-order valence-electron chi connectivity index (χ4n) is 2.24. The predicted molar refractivity (Wildman–Crippen MR) is 80.4 cm³/mol. The maximum atomic E-state index is 12.2. The molecule has 1 aromatic heterocycles. The average molecular weight is 336 g/mol. The minimum absolute atomic E-state index is 0. The first-order valence-corrected chi connectivity index (χ1v) is 7.00. The Morgan fingerprint density at radius 2 is 2.18 bits per heavy atom. The van der Waals surface area contributed by atoms with Gasteiger partial charge in [-0.2, -0.15) is 0 Å². The number of carbonyl (C=O) groups is 1. The fraction of sp³-hybridized carbons (Fsp3) is 0.571. The molecule has 0 saturated carbocycles. The molecule has 0 bridgehead atoms. The van der Waals surface area contributed by atoms with E-state index >= 15 is 0 Å². The molecule has 2 rings (SSSR count). The summed E-state index contributed by atoms with van der Waals surface area (Å²) in [6.07, 6.45) is 0.546. The van der Waals surface area contributed by atoms with Gasteiger partial charge in [-0.15, -0.1) is 12.4 Å². The number of hydrogen-bond acceptors (Lipinski definition) is 4. The van der Waals surface area contributed by atoms with Crippen LogP contribution in [-0.4, -0.2) is 37.0 Å². The van der Waals surface area contributed by atoms with Crippen molar-refractivity contribution in [2.75, 3.05) is 19.7 Å². The van der Waals surface area contributed by atoms with Crippen molar-refractivity contribution in [1.82, 2.24) is 15.6 Å². The lowest BCUT2D eigenvalue weighted by molar-refractivity contribution is -0.125. The molecule has 0 spiro atoms. The van der Waals surface area contributed by atoms with Crippen molar-refractivity contribution >= 4 is 18.3 Å². The number of hydrogen-bond donors (Lipinski definition) is 2. The fourth-order valence-corrected chi connectivity index (χ4v) is 2.24. The van der Waals surface area contributed by atoms with Crippen molar-refractivity contribution in [3.63, 3.8) is 0 Å². The zero-order valence-electron chi connectivity index (χ0n) is 12.1. The van der Waals surface area contributed by atoms with Gasteiger partial charge in [0.1, 0.15) is 0 Å². The van der Waals surface area contributed by atoms with Crippen LogP contribution in [0.2, 0.25) is 0 Å². The van der Waals surface area contributed by atoms with Crippen LogP contribution in [0.4, 0.5) is 8.78 Å². The van der Waals surface area contributed by atoms with E-state index in [1.807, 2.05) is 0 Å². The van der Waals surface area contributed by atoms with E-state index in [0.717, 1.165) is 25.9 Å². The zero-order valence-corrected chi connectivity index (χ0v) is 12.9.